The van der Waals surface area contributed by atoms with Crippen LogP contribution in [0, 0.1) is 6.92 Å². The van der Waals surface area contributed by atoms with Gasteiger partial charge >= 0.3 is 0 Å². The minimum Gasteiger partial charge on any atom is -0.492 e. The van der Waals surface area contributed by atoms with E-state index < -0.39 is 0 Å². The molecule has 0 bridgehead atoms. The predicted octanol–water partition coefficient (Wildman–Crippen LogP) is 2.16. The zero-order chi connectivity index (χ0) is 10.4. The Morgan fingerprint density at radius 1 is 1.36 bits per heavy atom. The van der Waals surface area contributed by atoms with Crippen molar-refractivity contribution in [2.45, 2.75) is 20.3 Å². The minimum absolute atomic E-state index is 0.725. The number of hydrogen-bond acceptors (Lipinski definition) is 2. The van der Waals surface area contributed by atoms with Crippen LogP contribution in [0.15, 0.2) is 18.2 Å². The Morgan fingerprint density at radius 3 is 2.79 bits per heavy atom. The van der Waals surface area contributed by atoms with Gasteiger partial charge in [-0.1, -0.05) is 13.0 Å². The second-order valence-electron chi connectivity index (χ2n) is 3.39. The van der Waals surface area contributed by atoms with Crippen molar-refractivity contribution in [3.63, 3.8) is 0 Å². The van der Waals surface area contributed by atoms with Crippen molar-refractivity contribution in [1.82, 2.24) is 5.32 Å². The van der Waals surface area contributed by atoms with Gasteiger partial charge in [0.2, 0.25) is 0 Å². The quantitative estimate of drug-likeness (QED) is 0.723. The predicted molar refractivity (Wildman–Crippen MR) is 60.0 cm³/mol. The van der Waals surface area contributed by atoms with Crippen LogP contribution in [0.1, 0.15) is 18.1 Å². The maximum Gasteiger partial charge on any atom is 0.119 e. The average molecular weight is 193 g/mol. The van der Waals surface area contributed by atoms with Crippen LogP contribution in [0.3, 0.4) is 0 Å². The van der Waals surface area contributed by atoms with Crippen molar-refractivity contribution in [2.75, 3.05) is 20.2 Å². The molecule has 0 heterocycles. The third-order valence-electron chi connectivity index (χ3n) is 2.32. The van der Waals surface area contributed by atoms with E-state index in [-0.39, 0.29) is 0 Å². The summed E-state index contributed by atoms with van der Waals surface area (Å²) in [6.45, 7) is 5.91. The van der Waals surface area contributed by atoms with Gasteiger partial charge in [0.25, 0.3) is 0 Å². The molecule has 2 heteroatoms. The SMILES string of the molecule is CCc1cc(OCCNC)ccc1C. The lowest BCUT2D eigenvalue weighted by atomic mass is 10.1. The van der Waals surface area contributed by atoms with E-state index in [9.17, 15) is 0 Å². The van der Waals surface area contributed by atoms with Crippen molar-refractivity contribution in [3.8, 4) is 5.75 Å². The first-order valence-corrected chi connectivity index (χ1v) is 5.15. The van der Waals surface area contributed by atoms with E-state index in [0.717, 1.165) is 25.3 Å². The third-order valence-corrected chi connectivity index (χ3v) is 2.32. The van der Waals surface area contributed by atoms with Crippen LogP contribution in [0.25, 0.3) is 0 Å². The highest BCUT2D eigenvalue weighted by molar-refractivity contribution is 5.34. The maximum absolute atomic E-state index is 5.58. The van der Waals surface area contributed by atoms with Crippen molar-refractivity contribution < 1.29 is 4.74 Å². The molecule has 1 N–H and O–H groups in total. The molecule has 0 amide bonds. The molecule has 0 aliphatic carbocycles. The van der Waals surface area contributed by atoms with Gasteiger partial charge in [0.15, 0.2) is 0 Å². The highest BCUT2D eigenvalue weighted by Crippen LogP contribution is 2.17. The third kappa shape index (κ3) is 3.04. The van der Waals surface area contributed by atoms with Crippen LogP contribution in [-0.2, 0) is 6.42 Å². The molecule has 0 saturated carbocycles. The summed E-state index contributed by atoms with van der Waals surface area (Å²) < 4.78 is 5.58. The Kier molecular flexibility index (Phi) is 4.47. The molecular formula is C12H19NO. The van der Waals surface area contributed by atoms with Gasteiger partial charge in [-0.25, -0.2) is 0 Å². The number of ether oxygens (including phenoxy) is 1. The molecule has 0 aliphatic rings. The van der Waals surface area contributed by atoms with Crippen LogP contribution in [0.4, 0.5) is 0 Å². The summed E-state index contributed by atoms with van der Waals surface area (Å²) in [5.74, 6) is 0.975. The molecule has 1 aromatic rings. The van der Waals surface area contributed by atoms with Gasteiger partial charge in [0.05, 0.1) is 0 Å². The summed E-state index contributed by atoms with van der Waals surface area (Å²) in [6, 6.07) is 6.28. The Morgan fingerprint density at radius 2 is 2.14 bits per heavy atom. The number of rotatable bonds is 5. The van der Waals surface area contributed by atoms with Crippen molar-refractivity contribution in [3.05, 3.63) is 29.3 Å². The lowest BCUT2D eigenvalue weighted by Crippen LogP contribution is -2.15. The summed E-state index contributed by atoms with van der Waals surface area (Å²) in [6.07, 6.45) is 1.06. The number of likely N-dealkylation sites (N-methyl/N-ethyl adjacent to an activating group) is 1. The van der Waals surface area contributed by atoms with E-state index in [4.69, 9.17) is 4.74 Å². The highest BCUT2D eigenvalue weighted by Gasteiger charge is 1.98. The minimum atomic E-state index is 0.725. The molecule has 0 aromatic heterocycles. The highest BCUT2D eigenvalue weighted by atomic mass is 16.5. The standard InChI is InChI=1S/C12H19NO/c1-4-11-9-12(6-5-10(11)2)14-8-7-13-3/h5-6,9,13H,4,7-8H2,1-3H3. The van der Waals surface area contributed by atoms with E-state index in [1.165, 1.54) is 11.1 Å². The molecule has 1 aromatic carbocycles. The Balaban J connectivity index is 2.60. The molecule has 2 nitrogen and oxygen atoms in total. The first-order chi connectivity index (χ1) is 6.77. The van der Waals surface area contributed by atoms with Gasteiger partial charge in [-0.05, 0) is 43.7 Å². The van der Waals surface area contributed by atoms with Crippen molar-refractivity contribution in [1.29, 1.82) is 0 Å². The fraction of sp³-hybridized carbons (Fsp3) is 0.500. The molecule has 1 rings (SSSR count). The van der Waals surface area contributed by atoms with Gasteiger partial charge in [-0.15, -0.1) is 0 Å². The first-order valence-electron chi connectivity index (χ1n) is 5.15. The van der Waals surface area contributed by atoms with E-state index in [0.29, 0.717) is 0 Å². The maximum atomic E-state index is 5.58. The van der Waals surface area contributed by atoms with Gasteiger partial charge in [0, 0.05) is 6.54 Å². The molecule has 0 radical (unpaired) electrons. The molecule has 0 atom stereocenters. The van der Waals surface area contributed by atoms with E-state index in [1.54, 1.807) is 0 Å². The molecule has 0 unspecified atom stereocenters. The second-order valence-corrected chi connectivity index (χ2v) is 3.39. The topological polar surface area (TPSA) is 21.3 Å². The van der Waals surface area contributed by atoms with Crippen LogP contribution < -0.4 is 10.1 Å². The smallest absolute Gasteiger partial charge is 0.119 e. The summed E-state index contributed by atoms with van der Waals surface area (Å²) in [5.41, 5.74) is 2.71. The number of aryl methyl sites for hydroxylation is 2. The normalized spacial score (nSPS) is 10.2. The number of nitrogens with one attached hydrogen (secondary N) is 1. The largest absolute Gasteiger partial charge is 0.492 e. The van der Waals surface area contributed by atoms with Gasteiger partial charge < -0.3 is 10.1 Å². The summed E-state index contributed by atoms with van der Waals surface area (Å²) in [7, 11) is 1.93. The zero-order valence-corrected chi connectivity index (χ0v) is 9.26. The first kappa shape index (κ1) is 11.1. The molecule has 0 spiro atoms. The summed E-state index contributed by atoms with van der Waals surface area (Å²) >= 11 is 0. The van der Waals surface area contributed by atoms with Crippen LogP contribution >= 0.6 is 0 Å². The van der Waals surface area contributed by atoms with Crippen LogP contribution in [0.2, 0.25) is 0 Å². The van der Waals surface area contributed by atoms with Gasteiger partial charge in [-0.2, -0.15) is 0 Å². The second kappa shape index (κ2) is 5.66. The molecular weight excluding hydrogens is 174 g/mol. The van der Waals surface area contributed by atoms with Gasteiger partial charge in [0.1, 0.15) is 12.4 Å². The summed E-state index contributed by atoms with van der Waals surface area (Å²) in [5, 5.41) is 3.05. The molecule has 0 fully saturated rings. The van der Waals surface area contributed by atoms with Crippen LogP contribution in [0.5, 0.6) is 5.75 Å². The van der Waals surface area contributed by atoms with E-state index >= 15 is 0 Å². The molecule has 14 heavy (non-hydrogen) atoms. The average Bonchev–Trinajstić information content (AvgIpc) is 2.21. The monoisotopic (exact) mass is 193 g/mol. The molecule has 78 valence electrons. The molecule has 0 aliphatic heterocycles. The van der Waals surface area contributed by atoms with Crippen molar-refractivity contribution >= 4 is 0 Å². The fourth-order valence-corrected chi connectivity index (χ4v) is 1.39. The number of benzene rings is 1. The Bertz CT molecular complexity index is 284. The Hall–Kier alpha value is -1.02. The van der Waals surface area contributed by atoms with E-state index in [2.05, 4.69) is 31.3 Å². The van der Waals surface area contributed by atoms with Crippen molar-refractivity contribution in [2.24, 2.45) is 0 Å². The summed E-state index contributed by atoms with van der Waals surface area (Å²) in [4.78, 5) is 0. The zero-order valence-electron chi connectivity index (χ0n) is 9.26. The lowest BCUT2D eigenvalue weighted by Gasteiger charge is -2.08. The lowest BCUT2D eigenvalue weighted by molar-refractivity contribution is 0.318. The van der Waals surface area contributed by atoms with Crippen LogP contribution in [-0.4, -0.2) is 20.2 Å². The molecule has 0 saturated heterocycles. The Labute approximate surface area is 86.3 Å². The fourth-order valence-electron chi connectivity index (χ4n) is 1.39. The van der Waals surface area contributed by atoms with Gasteiger partial charge in [-0.3, -0.25) is 0 Å². The van der Waals surface area contributed by atoms with E-state index in [1.807, 2.05) is 13.1 Å². The number of hydrogen-bond donors (Lipinski definition) is 1.